The molecule has 0 heterocycles. The van der Waals surface area contributed by atoms with Crippen LogP contribution in [0.5, 0.6) is 5.75 Å². The number of methoxy groups -OCH3 is 1. The van der Waals surface area contributed by atoms with Gasteiger partial charge in [-0.2, -0.15) is 0 Å². The maximum absolute atomic E-state index is 12.0. The minimum Gasteiger partial charge on any atom is -0.497 e. The standard InChI is InChI=1S/C15H24N2O2/c1-6-11(3)16-15(18)12(4)17-14-8-7-13(19-5)9-10(14)2/h7-9,11-12,17H,6H2,1-5H3,(H,16,18). The lowest BCUT2D eigenvalue weighted by molar-refractivity contribution is -0.122. The molecule has 0 spiro atoms. The molecule has 0 aliphatic rings. The second-order valence-electron chi connectivity index (χ2n) is 4.86. The fourth-order valence-corrected chi connectivity index (χ4v) is 1.69. The molecule has 0 fully saturated rings. The number of carbonyl (C=O) groups is 1. The van der Waals surface area contributed by atoms with Crippen LogP contribution >= 0.6 is 0 Å². The van der Waals surface area contributed by atoms with E-state index in [4.69, 9.17) is 4.74 Å². The van der Waals surface area contributed by atoms with Gasteiger partial charge < -0.3 is 15.4 Å². The number of aryl methyl sites for hydroxylation is 1. The molecule has 1 amide bonds. The van der Waals surface area contributed by atoms with E-state index in [1.165, 1.54) is 0 Å². The number of anilines is 1. The third kappa shape index (κ3) is 4.47. The molecule has 4 nitrogen and oxygen atoms in total. The molecule has 0 radical (unpaired) electrons. The van der Waals surface area contributed by atoms with Crippen LogP contribution in [0.3, 0.4) is 0 Å². The van der Waals surface area contributed by atoms with Crippen LogP contribution in [-0.4, -0.2) is 25.1 Å². The average Bonchev–Trinajstić information content (AvgIpc) is 2.40. The Labute approximate surface area is 115 Å². The SMILES string of the molecule is CCC(C)NC(=O)C(C)Nc1ccc(OC)cc1C. The van der Waals surface area contributed by atoms with Gasteiger partial charge in [0, 0.05) is 11.7 Å². The Morgan fingerprint density at radius 2 is 2.05 bits per heavy atom. The van der Waals surface area contributed by atoms with E-state index < -0.39 is 0 Å². The van der Waals surface area contributed by atoms with E-state index in [0.29, 0.717) is 0 Å². The molecule has 2 atom stereocenters. The van der Waals surface area contributed by atoms with Crippen LogP contribution < -0.4 is 15.4 Å². The van der Waals surface area contributed by atoms with Gasteiger partial charge in [-0.25, -0.2) is 0 Å². The van der Waals surface area contributed by atoms with Crippen molar-refractivity contribution in [3.63, 3.8) is 0 Å². The first-order valence-corrected chi connectivity index (χ1v) is 6.69. The third-order valence-corrected chi connectivity index (χ3v) is 3.20. The van der Waals surface area contributed by atoms with Crippen LogP contribution in [-0.2, 0) is 4.79 Å². The van der Waals surface area contributed by atoms with Gasteiger partial charge in [0.15, 0.2) is 0 Å². The summed E-state index contributed by atoms with van der Waals surface area (Å²) >= 11 is 0. The lowest BCUT2D eigenvalue weighted by Crippen LogP contribution is -2.41. The Morgan fingerprint density at radius 1 is 1.37 bits per heavy atom. The highest BCUT2D eigenvalue weighted by molar-refractivity contribution is 5.84. The number of hydrogen-bond donors (Lipinski definition) is 2. The molecule has 0 aliphatic carbocycles. The van der Waals surface area contributed by atoms with E-state index in [2.05, 4.69) is 17.6 Å². The van der Waals surface area contributed by atoms with E-state index in [0.717, 1.165) is 23.4 Å². The van der Waals surface area contributed by atoms with Gasteiger partial charge in [-0.1, -0.05) is 6.92 Å². The minimum absolute atomic E-state index is 0.0181. The highest BCUT2D eigenvalue weighted by atomic mass is 16.5. The lowest BCUT2D eigenvalue weighted by Gasteiger charge is -2.19. The lowest BCUT2D eigenvalue weighted by atomic mass is 10.1. The molecule has 1 aromatic rings. The van der Waals surface area contributed by atoms with Crippen LogP contribution in [0.25, 0.3) is 0 Å². The molecule has 1 rings (SSSR count). The van der Waals surface area contributed by atoms with Gasteiger partial charge in [0.2, 0.25) is 5.91 Å². The highest BCUT2D eigenvalue weighted by Crippen LogP contribution is 2.21. The fourth-order valence-electron chi connectivity index (χ4n) is 1.69. The maximum atomic E-state index is 12.0. The first kappa shape index (κ1) is 15.3. The van der Waals surface area contributed by atoms with Crippen LogP contribution in [0.4, 0.5) is 5.69 Å². The molecule has 2 N–H and O–H groups in total. The number of hydrogen-bond acceptors (Lipinski definition) is 3. The third-order valence-electron chi connectivity index (χ3n) is 3.20. The van der Waals surface area contributed by atoms with Gasteiger partial charge in [0.1, 0.15) is 11.8 Å². The summed E-state index contributed by atoms with van der Waals surface area (Å²) in [5.74, 6) is 0.837. The molecule has 1 aromatic carbocycles. The summed E-state index contributed by atoms with van der Waals surface area (Å²) in [6.07, 6.45) is 0.931. The monoisotopic (exact) mass is 264 g/mol. The largest absolute Gasteiger partial charge is 0.497 e. The summed E-state index contributed by atoms with van der Waals surface area (Å²) in [5.41, 5.74) is 2.01. The van der Waals surface area contributed by atoms with Gasteiger partial charge in [0.05, 0.1) is 7.11 Å². The Hall–Kier alpha value is -1.71. The predicted octanol–water partition coefficient (Wildman–Crippen LogP) is 2.72. The van der Waals surface area contributed by atoms with Crippen molar-refractivity contribution in [2.45, 2.75) is 46.2 Å². The van der Waals surface area contributed by atoms with Gasteiger partial charge in [-0.05, 0) is 51.0 Å². The Morgan fingerprint density at radius 3 is 2.58 bits per heavy atom. The summed E-state index contributed by atoms with van der Waals surface area (Å²) in [7, 11) is 1.64. The van der Waals surface area contributed by atoms with Gasteiger partial charge in [0.25, 0.3) is 0 Å². The van der Waals surface area contributed by atoms with E-state index in [-0.39, 0.29) is 18.0 Å². The molecule has 2 unspecified atom stereocenters. The molecule has 0 saturated carbocycles. The van der Waals surface area contributed by atoms with Crippen LogP contribution in [0.15, 0.2) is 18.2 Å². The summed E-state index contributed by atoms with van der Waals surface area (Å²) < 4.78 is 5.16. The molecular weight excluding hydrogens is 240 g/mol. The zero-order valence-electron chi connectivity index (χ0n) is 12.4. The Bertz CT molecular complexity index is 432. The summed E-state index contributed by atoms with van der Waals surface area (Å²) in [6, 6.07) is 5.70. The van der Waals surface area contributed by atoms with Crippen LogP contribution in [0, 0.1) is 6.92 Å². The Kier molecular flexibility index (Phi) is 5.67. The molecule has 0 bridgehead atoms. The number of rotatable bonds is 6. The zero-order valence-corrected chi connectivity index (χ0v) is 12.4. The van der Waals surface area contributed by atoms with Crippen molar-refractivity contribution in [3.8, 4) is 5.75 Å². The van der Waals surface area contributed by atoms with Crippen molar-refractivity contribution in [1.82, 2.24) is 5.32 Å². The predicted molar refractivity (Wildman–Crippen MR) is 78.7 cm³/mol. The van der Waals surface area contributed by atoms with Crippen LogP contribution in [0.1, 0.15) is 32.8 Å². The molecule has 0 saturated heterocycles. The smallest absolute Gasteiger partial charge is 0.242 e. The van der Waals surface area contributed by atoms with Crippen LogP contribution in [0.2, 0.25) is 0 Å². The van der Waals surface area contributed by atoms with E-state index in [9.17, 15) is 4.79 Å². The summed E-state index contributed by atoms with van der Waals surface area (Å²) in [5, 5.41) is 6.19. The number of carbonyl (C=O) groups excluding carboxylic acids is 1. The number of amides is 1. The van der Waals surface area contributed by atoms with Crippen molar-refractivity contribution in [2.75, 3.05) is 12.4 Å². The normalized spacial score (nSPS) is 13.5. The molecule has 4 heteroatoms. The van der Waals surface area contributed by atoms with Crippen molar-refractivity contribution in [2.24, 2.45) is 0 Å². The maximum Gasteiger partial charge on any atom is 0.242 e. The number of nitrogens with one attached hydrogen (secondary N) is 2. The molecular formula is C15H24N2O2. The number of benzene rings is 1. The van der Waals surface area contributed by atoms with Gasteiger partial charge >= 0.3 is 0 Å². The zero-order chi connectivity index (χ0) is 14.4. The van der Waals surface area contributed by atoms with Crippen molar-refractivity contribution >= 4 is 11.6 Å². The van der Waals surface area contributed by atoms with Crippen molar-refractivity contribution in [1.29, 1.82) is 0 Å². The molecule has 106 valence electrons. The first-order chi connectivity index (χ1) is 8.97. The second kappa shape index (κ2) is 7.02. The van der Waals surface area contributed by atoms with Gasteiger partial charge in [-0.3, -0.25) is 4.79 Å². The summed E-state index contributed by atoms with van der Waals surface area (Å²) in [6.45, 7) is 7.91. The average molecular weight is 264 g/mol. The topological polar surface area (TPSA) is 50.4 Å². The molecule has 0 aliphatic heterocycles. The quantitative estimate of drug-likeness (QED) is 0.830. The van der Waals surface area contributed by atoms with E-state index in [1.807, 2.05) is 39.0 Å². The molecule has 0 aromatic heterocycles. The van der Waals surface area contributed by atoms with Crippen molar-refractivity contribution in [3.05, 3.63) is 23.8 Å². The molecule has 19 heavy (non-hydrogen) atoms. The Balaban J connectivity index is 2.66. The highest BCUT2D eigenvalue weighted by Gasteiger charge is 2.15. The fraction of sp³-hybridized carbons (Fsp3) is 0.533. The minimum atomic E-state index is -0.263. The van der Waals surface area contributed by atoms with E-state index in [1.54, 1.807) is 7.11 Å². The summed E-state index contributed by atoms with van der Waals surface area (Å²) in [4.78, 5) is 12.0. The number of ether oxygens (including phenoxy) is 1. The first-order valence-electron chi connectivity index (χ1n) is 6.69. The van der Waals surface area contributed by atoms with Gasteiger partial charge in [-0.15, -0.1) is 0 Å². The van der Waals surface area contributed by atoms with Crippen molar-refractivity contribution < 1.29 is 9.53 Å². The second-order valence-corrected chi connectivity index (χ2v) is 4.86. The van der Waals surface area contributed by atoms with E-state index >= 15 is 0 Å².